The maximum atomic E-state index is 3.67. The average Bonchev–Trinajstić information content (AvgIpc) is 3.03. The summed E-state index contributed by atoms with van der Waals surface area (Å²) in [5.41, 5.74) is 2.87. The number of nitrogens with one attached hydrogen (secondary N) is 1. The van der Waals surface area contributed by atoms with Gasteiger partial charge in [-0.15, -0.1) is 6.58 Å². The van der Waals surface area contributed by atoms with Crippen molar-refractivity contribution in [2.45, 2.75) is 25.3 Å². The molecule has 1 saturated carbocycles. The van der Waals surface area contributed by atoms with E-state index < -0.39 is 0 Å². The van der Waals surface area contributed by atoms with Crippen molar-refractivity contribution in [3.05, 3.63) is 48.0 Å². The Hall–Kier alpha value is -1.08. The van der Waals surface area contributed by atoms with Gasteiger partial charge in [0, 0.05) is 13.1 Å². The highest BCUT2D eigenvalue weighted by atomic mass is 14.8. The third kappa shape index (κ3) is 2.46. The zero-order chi connectivity index (χ0) is 9.80. The van der Waals surface area contributed by atoms with E-state index in [4.69, 9.17) is 0 Å². The number of benzene rings is 1. The zero-order valence-corrected chi connectivity index (χ0v) is 8.50. The first kappa shape index (κ1) is 9.47. The summed E-state index contributed by atoms with van der Waals surface area (Å²) < 4.78 is 0. The van der Waals surface area contributed by atoms with E-state index in [1.165, 1.54) is 24.0 Å². The monoisotopic (exact) mass is 187 g/mol. The van der Waals surface area contributed by atoms with E-state index in [0.717, 1.165) is 19.0 Å². The van der Waals surface area contributed by atoms with E-state index in [1.54, 1.807) is 0 Å². The highest BCUT2D eigenvalue weighted by Gasteiger charge is 2.22. The molecule has 1 aromatic carbocycles. The number of rotatable bonds is 5. The Labute approximate surface area is 85.8 Å². The van der Waals surface area contributed by atoms with Crippen LogP contribution in [-0.4, -0.2) is 6.54 Å². The van der Waals surface area contributed by atoms with E-state index in [2.05, 4.69) is 36.2 Å². The zero-order valence-electron chi connectivity index (χ0n) is 8.50. The molecule has 1 aliphatic carbocycles. The Morgan fingerprint density at radius 2 is 2.00 bits per heavy atom. The van der Waals surface area contributed by atoms with Crippen LogP contribution >= 0.6 is 0 Å². The van der Waals surface area contributed by atoms with Crippen LogP contribution in [0.5, 0.6) is 0 Å². The average molecular weight is 187 g/mol. The molecular weight excluding hydrogens is 170 g/mol. The lowest BCUT2D eigenvalue weighted by atomic mass is 10.1. The summed E-state index contributed by atoms with van der Waals surface area (Å²) in [5.74, 6) is 0.866. The van der Waals surface area contributed by atoms with Crippen LogP contribution in [0.3, 0.4) is 0 Å². The molecule has 1 heteroatoms. The molecule has 1 aromatic rings. The maximum Gasteiger partial charge on any atom is 0.0208 e. The van der Waals surface area contributed by atoms with Crippen molar-refractivity contribution in [3.63, 3.8) is 0 Å². The first-order valence-electron chi connectivity index (χ1n) is 5.30. The van der Waals surface area contributed by atoms with Gasteiger partial charge in [-0.05, 0) is 29.9 Å². The second kappa shape index (κ2) is 4.43. The molecule has 74 valence electrons. The molecule has 0 aliphatic heterocycles. The molecule has 0 spiro atoms. The Balaban J connectivity index is 1.88. The molecule has 1 fully saturated rings. The third-order valence-electron chi connectivity index (χ3n) is 2.65. The highest BCUT2D eigenvalue weighted by Crippen LogP contribution is 2.39. The minimum Gasteiger partial charge on any atom is -0.309 e. The first-order valence-corrected chi connectivity index (χ1v) is 5.30. The van der Waals surface area contributed by atoms with Crippen LogP contribution in [-0.2, 0) is 6.54 Å². The van der Waals surface area contributed by atoms with Gasteiger partial charge < -0.3 is 5.32 Å². The van der Waals surface area contributed by atoms with Crippen molar-refractivity contribution < 1.29 is 0 Å². The second-order valence-electron chi connectivity index (χ2n) is 3.94. The fourth-order valence-corrected chi connectivity index (χ4v) is 1.64. The second-order valence-corrected chi connectivity index (χ2v) is 3.94. The van der Waals surface area contributed by atoms with Crippen LogP contribution in [0.2, 0.25) is 0 Å². The van der Waals surface area contributed by atoms with Crippen molar-refractivity contribution >= 4 is 0 Å². The Morgan fingerprint density at radius 1 is 1.29 bits per heavy atom. The molecule has 2 rings (SSSR count). The smallest absolute Gasteiger partial charge is 0.0208 e. The predicted octanol–water partition coefficient (Wildman–Crippen LogP) is 2.84. The van der Waals surface area contributed by atoms with Crippen molar-refractivity contribution in [2.24, 2.45) is 0 Å². The summed E-state index contributed by atoms with van der Waals surface area (Å²) in [6.07, 6.45) is 4.65. The molecule has 0 bridgehead atoms. The van der Waals surface area contributed by atoms with Crippen molar-refractivity contribution in [1.29, 1.82) is 0 Å². The van der Waals surface area contributed by atoms with Crippen LogP contribution in [0.15, 0.2) is 36.9 Å². The van der Waals surface area contributed by atoms with Gasteiger partial charge in [-0.25, -0.2) is 0 Å². The summed E-state index contributed by atoms with van der Waals surface area (Å²) in [4.78, 5) is 0. The molecule has 0 radical (unpaired) electrons. The number of hydrogen-bond donors (Lipinski definition) is 1. The van der Waals surface area contributed by atoms with Gasteiger partial charge in [-0.2, -0.15) is 0 Å². The van der Waals surface area contributed by atoms with Crippen molar-refractivity contribution in [3.8, 4) is 0 Å². The fourth-order valence-electron chi connectivity index (χ4n) is 1.64. The topological polar surface area (TPSA) is 12.0 Å². The largest absolute Gasteiger partial charge is 0.309 e. The van der Waals surface area contributed by atoms with E-state index in [9.17, 15) is 0 Å². The van der Waals surface area contributed by atoms with Crippen LogP contribution in [0.4, 0.5) is 0 Å². The molecular formula is C13H17N. The molecule has 1 aliphatic rings. The summed E-state index contributed by atoms with van der Waals surface area (Å²) in [6.45, 7) is 5.50. The minimum absolute atomic E-state index is 0.866. The van der Waals surface area contributed by atoms with Crippen LogP contribution in [0.1, 0.15) is 29.9 Å². The first-order chi connectivity index (χ1) is 6.90. The molecule has 14 heavy (non-hydrogen) atoms. The van der Waals surface area contributed by atoms with Crippen molar-refractivity contribution in [2.75, 3.05) is 6.54 Å². The molecule has 0 aromatic heterocycles. The molecule has 0 atom stereocenters. The van der Waals surface area contributed by atoms with Gasteiger partial charge in [0.25, 0.3) is 0 Å². The van der Waals surface area contributed by atoms with E-state index in [-0.39, 0.29) is 0 Å². The molecule has 0 unspecified atom stereocenters. The lowest BCUT2D eigenvalue weighted by Gasteiger charge is -2.03. The fraction of sp³-hybridized carbons (Fsp3) is 0.385. The van der Waals surface area contributed by atoms with E-state index >= 15 is 0 Å². The van der Waals surface area contributed by atoms with Crippen LogP contribution in [0, 0.1) is 0 Å². The molecule has 0 saturated heterocycles. The number of hydrogen-bond acceptors (Lipinski definition) is 1. The predicted molar refractivity (Wildman–Crippen MR) is 60.3 cm³/mol. The summed E-state index contributed by atoms with van der Waals surface area (Å²) >= 11 is 0. The quantitative estimate of drug-likeness (QED) is 0.552. The van der Waals surface area contributed by atoms with Gasteiger partial charge in [-0.3, -0.25) is 0 Å². The van der Waals surface area contributed by atoms with Gasteiger partial charge in [0.15, 0.2) is 0 Å². The summed E-state index contributed by atoms with van der Waals surface area (Å²) in [5, 5.41) is 3.30. The molecule has 1 N–H and O–H groups in total. The normalized spacial score (nSPS) is 15.4. The maximum absolute atomic E-state index is 3.67. The van der Waals surface area contributed by atoms with Crippen LogP contribution in [0.25, 0.3) is 0 Å². The Kier molecular flexibility index (Phi) is 3.00. The van der Waals surface area contributed by atoms with Gasteiger partial charge in [0.1, 0.15) is 0 Å². The van der Waals surface area contributed by atoms with Gasteiger partial charge >= 0.3 is 0 Å². The lowest BCUT2D eigenvalue weighted by Crippen LogP contribution is -2.12. The van der Waals surface area contributed by atoms with Crippen LogP contribution < -0.4 is 5.32 Å². The summed E-state index contributed by atoms with van der Waals surface area (Å²) in [7, 11) is 0. The van der Waals surface area contributed by atoms with Crippen molar-refractivity contribution in [1.82, 2.24) is 5.32 Å². The Morgan fingerprint density at radius 3 is 2.57 bits per heavy atom. The summed E-state index contributed by atoms with van der Waals surface area (Å²) in [6, 6.07) is 8.98. The standard InChI is InChI=1S/C13H17N/c1-2-9-14-10-11-3-5-12(6-4-11)13-7-8-13/h2-6,13-14H,1,7-10H2. The van der Waals surface area contributed by atoms with E-state index in [0.29, 0.717) is 0 Å². The molecule has 0 heterocycles. The van der Waals surface area contributed by atoms with Gasteiger partial charge in [0.2, 0.25) is 0 Å². The Bertz CT molecular complexity index is 296. The highest BCUT2D eigenvalue weighted by molar-refractivity contribution is 5.27. The third-order valence-corrected chi connectivity index (χ3v) is 2.65. The van der Waals surface area contributed by atoms with E-state index in [1.807, 2.05) is 6.08 Å². The lowest BCUT2D eigenvalue weighted by molar-refractivity contribution is 0.760. The SMILES string of the molecule is C=CCNCc1ccc(C2CC2)cc1. The minimum atomic E-state index is 0.866. The van der Waals surface area contributed by atoms with Gasteiger partial charge in [-0.1, -0.05) is 30.3 Å². The van der Waals surface area contributed by atoms with Gasteiger partial charge in [0.05, 0.1) is 0 Å². The molecule has 1 nitrogen and oxygen atoms in total. The molecule has 0 amide bonds.